The highest BCUT2D eigenvalue weighted by atomic mass is 32.1. The fourth-order valence-corrected chi connectivity index (χ4v) is 2.84. The lowest BCUT2D eigenvalue weighted by Gasteiger charge is -2.11. The summed E-state index contributed by atoms with van der Waals surface area (Å²) in [6.45, 7) is 3.67. The first kappa shape index (κ1) is 16.4. The summed E-state index contributed by atoms with van der Waals surface area (Å²) in [5.74, 6) is -0.638. The highest BCUT2D eigenvalue weighted by Crippen LogP contribution is 2.22. The third-order valence-corrected chi connectivity index (χ3v) is 4.36. The van der Waals surface area contributed by atoms with Crippen LogP contribution in [0.2, 0.25) is 0 Å². The standard InChI is InChI=1S/C16H20N2O3S/c1-3-11(2)17-14(19)10-21-16(20)9-8-15-18-12-6-4-5-7-13(12)22-15/h4-7,11H,3,8-10H2,1-2H3,(H,17,19)/t11-/m0/s1. The summed E-state index contributed by atoms with van der Waals surface area (Å²) in [6.07, 6.45) is 1.61. The van der Waals surface area contributed by atoms with Crippen LogP contribution in [0.25, 0.3) is 10.2 Å². The molecule has 1 heterocycles. The predicted octanol–water partition coefficient (Wildman–Crippen LogP) is 2.69. The fourth-order valence-electron chi connectivity index (χ4n) is 1.87. The number of amides is 1. The topological polar surface area (TPSA) is 68.3 Å². The Kier molecular flexibility index (Phi) is 5.89. The Morgan fingerprint density at radius 3 is 2.86 bits per heavy atom. The molecule has 1 atom stereocenters. The zero-order chi connectivity index (χ0) is 15.9. The lowest BCUT2D eigenvalue weighted by atomic mass is 10.2. The average molecular weight is 320 g/mol. The maximum absolute atomic E-state index is 11.7. The molecule has 0 unspecified atom stereocenters. The molecule has 2 aromatic rings. The molecule has 0 bridgehead atoms. The Morgan fingerprint density at radius 2 is 2.14 bits per heavy atom. The van der Waals surface area contributed by atoms with Gasteiger partial charge in [-0.25, -0.2) is 4.98 Å². The van der Waals surface area contributed by atoms with E-state index in [-0.39, 0.29) is 30.9 Å². The predicted molar refractivity (Wildman–Crippen MR) is 86.8 cm³/mol. The lowest BCUT2D eigenvalue weighted by molar-refractivity contribution is -0.148. The SMILES string of the molecule is CC[C@H](C)NC(=O)COC(=O)CCc1nc2ccccc2s1. The van der Waals surface area contributed by atoms with Crippen LogP contribution in [0.3, 0.4) is 0 Å². The van der Waals surface area contributed by atoms with Crippen molar-refractivity contribution < 1.29 is 14.3 Å². The molecule has 1 amide bonds. The van der Waals surface area contributed by atoms with Crippen molar-refractivity contribution in [3.8, 4) is 0 Å². The number of nitrogens with zero attached hydrogens (tertiary/aromatic N) is 1. The van der Waals surface area contributed by atoms with Crippen molar-refractivity contribution in [1.82, 2.24) is 10.3 Å². The van der Waals surface area contributed by atoms with Gasteiger partial charge in [-0.1, -0.05) is 19.1 Å². The molecular weight excluding hydrogens is 300 g/mol. The van der Waals surface area contributed by atoms with Crippen LogP contribution < -0.4 is 5.32 Å². The molecule has 0 spiro atoms. The summed E-state index contributed by atoms with van der Waals surface area (Å²) in [4.78, 5) is 27.6. The molecule has 6 heteroatoms. The number of ether oxygens (including phenoxy) is 1. The normalized spacial score (nSPS) is 12.1. The highest BCUT2D eigenvalue weighted by molar-refractivity contribution is 7.18. The molecule has 0 fully saturated rings. The number of hydrogen-bond acceptors (Lipinski definition) is 5. The van der Waals surface area contributed by atoms with Crippen LogP contribution in [0.15, 0.2) is 24.3 Å². The average Bonchev–Trinajstić information content (AvgIpc) is 2.93. The lowest BCUT2D eigenvalue weighted by Crippen LogP contribution is -2.35. The van der Waals surface area contributed by atoms with Gasteiger partial charge >= 0.3 is 5.97 Å². The second-order valence-corrected chi connectivity index (χ2v) is 6.23. The number of carbonyl (C=O) groups is 2. The Labute approximate surface area is 133 Å². The van der Waals surface area contributed by atoms with Crippen molar-refractivity contribution >= 4 is 33.4 Å². The number of aromatic nitrogens is 1. The molecule has 1 N–H and O–H groups in total. The van der Waals surface area contributed by atoms with Crippen molar-refractivity contribution in [3.05, 3.63) is 29.3 Å². The second kappa shape index (κ2) is 7.89. The van der Waals surface area contributed by atoms with Crippen molar-refractivity contribution in [3.63, 3.8) is 0 Å². The number of thiazole rings is 1. The van der Waals surface area contributed by atoms with Crippen LogP contribution in [0.4, 0.5) is 0 Å². The minimum Gasteiger partial charge on any atom is -0.456 e. The minimum atomic E-state index is -0.376. The smallest absolute Gasteiger partial charge is 0.306 e. The van der Waals surface area contributed by atoms with Gasteiger partial charge in [-0.2, -0.15) is 0 Å². The van der Waals surface area contributed by atoms with E-state index >= 15 is 0 Å². The van der Waals surface area contributed by atoms with Gasteiger partial charge in [0.1, 0.15) is 0 Å². The number of esters is 1. The van der Waals surface area contributed by atoms with Crippen LogP contribution in [0, 0.1) is 0 Å². The highest BCUT2D eigenvalue weighted by Gasteiger charge is 2.11. The van der Waals surface area contributed by atoms with E-state index < -0.39 is 0 Å². The molecule has 5 nitrogen and oxygen atoms in total. The number of para-hydroxylation sites is 1. The quantitative estimate of drug-likeness (QED) is 0.796. The van der Waals surface area contributed by atoms with E-state index in [1.165, 1.54) is 0 Å². The van der Waals surface area contributed by atoms with Crippen molar-refractivity contribution in [2.24, 2.45) is 0 Å². The van der Waals surface area contributed by atoms with Gasteiger partial charge in [0.15, 0.2) is 6.61 Å². The summed E-state index contributed by atoms with van der Waals surface area (Å²) < 4.78 is 6.08. The van der Waals surface area contributed by atoms with Crippen LogP contribution in [-0.4, -0.2) is 29.5 Å². The number of nitrogens with one attached hydrogen (secondary N) is 1. The van der Waals surface area contributed by atoms with E-state index in [9.17, 15) is 9.59 Å². The van der Waals surface area contributed by atoms with E-state index in [1.807, 2.05) is 38.1 Å². The molecule has 1 aromatic heterocycles. The summed E-state index contributed by atoms with van der Waals surface area (Å²) in [7, 11) is 0. The summed E-state index contributed by atoms with van der Waals surface area (Å²) in [5, 5.41) is 3.65. The molecule has 118 valence electrons. The number of hydrogen-bond donors (Lipinski definition) is 1. The first-order valence-corrected chi connectivity index (χ1v) is 8.19. The van der Waals surface area contributed by atoms with Crippen LogP contribution >= 0.6 is 11.3 Å². The second-order valence-electron chi connectivity index (χ2n) is 5.11. The van der Waals surface area contributed by atoms with Gasteiger partial charge in [0.05, 0.1) is 21.6 Å². The third-order valence-electron chi connectivity index (χ3n) is 3.27. The number of fused-ring (bicyclic) bond motifs is 1. The molecule has 1 aromatic carbocycles. The first-order chi connectivity index (χ1) is 10.6. The van der Waals surface area contributed by atoms with E-state index in [2.05, 4.69) is 10.3 Å². The van der Waals surface area contributed by atoms with Gasteiger partial charge in [0.2, 0.25) is 0 Å². The summed E-state index contributed by atoms with van der Waals surface area (Å²) >= 11 is 1.58. The van der Waals surface area contributed by atoms with Crippen molar-refractivity contribution in [1.29, 1.82) is 0 Å². The molecule has 22 heavy (non-hydrogen) atoms. The Hall–Kier alpha value is -1.95. The molecule has 0 aliphatic carbocycles. The van der Waals surface area contributed by atoms with Crippen molar-refractivity contribution in [2.75, 3.05) is 6.61 Å². The van der Waals surface area contributed by atoms with E-state index in [0.717, 1.165) is 21.6 Å². The molecule has 0 aliphatic rings. The fraction of sp³-hybridized carbons (Fsp3) is 0.438. The Bertz CT molecular complexity index is 621. The number of rotatable bonds is 7. The molecule has 0 radical (unpaired) electrons. The molecule has 2 rings (SSSR count). The maximum atomic E-state index is 11.7. The van der Waals surface area contributed by atoms with Crippen LogP contribution in [0.1, 0.15) is 31.7 Å². The van der Waals surface area contributed by atoms with Crippen LogP contribution in [0.5, 0.6) is 0 Å². The number of carbonyl (C=O) groups excluding carboxylic acids is 2. The van der Waals surface area contributed by atoms with Crippen molar-refractivity contribution in [2.45, 2.75) is 39.2 Å². The van der Waals surface area contributed by atoms with E-state index in [0.29, 0.717) is 6.42 Å². The minimum absolute atomic E-state index is 0.0916. The first-order valence-electron chi connectivity index (χ1n) is 7.38. The zero-order valence-corrected chi connectivity index (χ0v) is 13.6. The van der Waals surface area contributed by atoms with Gasteiger partial charge in [-0.05, 0) is 25.5 Å². The third kappa shape index (κ3) is 4.80. The number of benzene rings is 1. The summed E-state index contributed by atoms with van der Waals surface area (Å²) in [5.41, 5.74) is 0.948. The molecule has 0 saturated heterocycles. The molecular formula is C16H20N2O3S. The van der Waals surface area contributed by atoms with Gasteiger partial charge in [-0.3, -0.25) is 9.59 Å². The molecule has 0 saturated carbocycles. The zero-order valence-electron chi connectivity index (χ0n) is 12.8. The largest absolute Gasteiger partial charge is 0.456 e. The van der Waals surface area contributed by atoms with Gasteiger partial charge in [-0.15, -0.1) is 11.3 Å². The van der Waals surface area contributed by atoms with E-state index in [1.54, 1.807) is 11.3 Å². The molecule has 0 aliphatic heterocycles. The van der Waals surface area contributed by atoms with Gasteiger partial charge < -0.3 is 10.1 Å². The summed E-state index contributed by atoms with van der Waals surface area (Å²) in [6, 6.07) is 7.96. The maximum Gasteiger partial charge on any atom is 0.306 e. The van der Waals surface area contributed by atoms with E-state index in [4.69, 9.17) is 4.74 Å². The Balaban J connectivity index is 1.74. The monoisotopic (exact) mass is 320 g/mol. The van der Waals surface area contributed by atoms with Gasteiger partial charge in [0, 0.05) is 12.5 Å². The van der Waals surface area contributed by atoms with Crippen LogP contribution in [-0.2, 0) is 20.7 Å². The van der Waals surface area contributed by atoms with Gasteiger partial charge in [0.25, 0.3) is 5.91 Å². The Morgan fingerprint density at radius 1 is 1.36 bits per heavy atom. The number of aryl methyl sites for hydroxylation is 1.